The summed E-state index contributed by atoms with van der Waals surface area (Å²) in [6.07, 6.45) is 8.61. The number of hydrogen-bond acceptors (Lipinski definition) is 1. The molecule has 0 bridgehead atoms. The summed E-state index contributed by atoms with van der Waals surface area (Å²) in [4.78, 5) is 0. The third kappa shape index (κ3) is 2.03. The number of nitrogens with zero attached hydrogens (tertiary/aromatic N) is 2. The Balaban J connectivity index is 1.88. The van der Waals surface area contributed by atoms with Crippen molar-refractivity contribution in [3.8, 4) is 0 Å². The maximum atomic E-state index is 4.48. The van der Waals surface area contributed by atoms with E-state index >= 15 is 0 Å². The van der Waals surface area contributed by atoms with Crippen molar-refractivity contribution in [2.45, 2.75) is 26.3 Å². The Morgan fingerprint density at radius 1 is 1.24 bits per heavy atom. The third-order valence-corrected chi connectivity index (χ3v) is 3.28. The molecule has 0 fully saturated rings. The molecule has 1 aliphatic carbocycles. The number of rotatable bonds is 2. The lowest BCUT2D eigenvalue weighted by molar-refractivity contribution is 0.641. The second kappa shape index (κ2) is 4.21. The molecule has 2 nitrogen and oxygen atoms in total. The minimum atomic E-state index is 0.878. The molecular weight excluding hydrogens is 208 g/mol. The largest absolute Gasteiger partial charge is 0.265 e. The molecule has 17 heavy (non-hydrogen) atoms. The zero-order valence-corrected chi connectivity index (χ0v) is 10.1. The molecule has 0 spiro atoms. The van der Waals surface area contributed by atoms with Crippen molar-refractivity contribution in [2.24, 2.45) is 0 Å². The van der Waals surface area contributed by atoms with Crippen LogP contribution in [0.1, 0.15) is 28.8 Å². The van der Waals surface area contributed by atoms with Gasteiger partial charge in [0.25, 0.3) is 0 Å². The smallest absolute Gasteiger partial charge is 0.0662 e. The monoisotopic (exact) mass is 224 g/mol. The fraction of sp³-hybridized carbons (Fsp3) is 0.267. The second-order valence-electron chi connectivity index (χ2n) is 4.63. The summed E-state index contributed by atoms with van der Waals surface area (Å²) in [5.41, 5.74) is 5.27. The predicted molar refractivity (Wildman–Crippen MR) is 69.9 cm³/mol. The van der Waals surface area contributed by atoms with E-state index in [2.05, 4.69) is 53.1 Å². The molecule has 1 aromatic heterocycles. The van der Waals surface area contributed by atoms with Gasteiger partial charge in [0, 0.05) is 11.3 Å². The van der Waals surface area contributed by atoms with Gasteiger partial charge in [-0.2, -0.15) is 5.10 Å². The van der Waals surface area contributed by atoms with E-state index in [0.29, 0.717) is 0 Å². The standard InChI is InChI=1S/C15H16N2/c1-12-6-8-13(9-7-12)11-17-15-5-3-2-4-14(15)10-16-17/h2,4,6-10H,3,5,11H2,1H3. The van der Waals surface area contributed by atoms with Crippen molar-refractivity contribution in [2.75, 3.05) is 0 Å². The number of aryl methyl sites for hydroxylation is 1. The Morgan fingerprint density at radius 3 is 2.88 bits per heavy atom. The molecule has 0 aliphatic heterocycles. The summed E-state index contributed by atoms with van der Waals surface area (Å²) < 4.78 is 2.13. The van der Waals surface area contributed by atoms with Gasteiger partial charge in [-0.25, -0.2) is 0 Å². The fourth-order valence-corrected chi connectivity index (χ4v) is 2.27. The molecule has 2 aromatic rings. The quantitative estimate of drug-likeness (QED) is 0.766. The van der Waals surface area contributed by atoms with Crippen LogP contribution in [-0.2, 0) is 13.0 Å². The van der Waals surface area contributed by atoms with Crippen molar-refractivity contribution in [1.82, 2.24) is 9.78 Å². The van der Waals surface area contributed by atoms with E-state index in [0.717, 1.165) is 19.4 Å². The first-order valence-corrected chi connectivity index (χ1v) is 6.10. The summed E-state index contributed by atoms with van der Waals surface area (Å²) in [7, 11) is 0. The van der Waals surface area contributed by atoms with E-state index in [1.54, 1.807) is 0 Å². The Morgan fingerprint density at radius 2 is 2.06 bits per heavy atom. The van der Waals surface area contributed by atoms with Gasteiger partial charge in [0.1, 0.15) is 0 Å². The minimum absolute atomic E-state index is 0.878. The van der Waals surface area contributed by atoms with Gasteiger partial charge in [0.15, 0.2) is 0 Å². The van der Waals surface area contributed by atoms with Gasteiger partial charge >= 0.3 is 0 Å². The SMILES string of the molecule is Cc1ccc(Cn2ncc3c2CCC=C3)cc1. The first kappa shape index (κ1) is 10.3. The molecule has 0 saturated heterocycles. The lowest BCUT2D eigenvalue weighted by Crippen LogP contribution is -2.07. The third-order valence-electron chi connectivity index (χ3n) is 3.28. The highest BCUT2D eigenvalue weighted by atomic mass is 15.3. The van der Waals surface area contributed by atoms with Crippen molar-refractivity contribution >= 4 is 6.08 Å². The van der Waals surface area contributed by atoms with Crippen molar-refractivity contribution in [3.63, 3.8) is 0 Å². The van der Waals surface area contributed by atoms with Crippen molar-refractivity contribution in [3.05, 3.63) is 58.9 Å². The molecule has 86 valence electrons. The van der Waals surface area contributed by atoms with Crippen LogP contribution in [0.3, 0.4) is 0 Å². The summed E-state index contributed by atoms with van der Waals surface area (Å²) in [6.45, 7) is 2.99. The van der Waals surface area contributed by atoms with E-state index in [1.807, 2.05) is 6.20 Å². The molecular formula is C15H16N2. The van der Waals surface area contributed by atoms with Crippen LogP contribution in [0.5, 0.6) is 0 Å². The zero-order chi connectivity index (χ0) is 11.7. The maximum Gasteiger partial charge on any atom is 0.0662 e. The highest BCUT2D eigenvalue weighted by molar-refractivity contribution is 5.53. The molecule has 1 aliphatic rings. The Bertz CT molecular complexity index is 547. The van der Waals surface area contributed by atoms with E-state index in [9.17, 15) is 0 Å². The van der Waals surface area contributed by atoms with Crippen LogP contribution in [0.4, 0.5) is 0 Å². The van der Waals surface area contributed by atoms with E-state index in [-0.39, 0.29) is 0 Å². The number of hydrogen-bond donors (Lipinski definition) is 0. The number of allylic oxidation sites excluding steroid dienone is 1. The summed E-state index contributed by atoms with van der Waals surface area (Å²) >= 11 is 0. The minimum Gasteiger partial charge on any atom is -0.265 e. The average molecular weight is 224 g/mol. The molecule has 0 amide bonds. The second-order valence-corrected chi connectivity index (χ2v) is 4.63. The summed E-state index contributed by atoms with van der Waals surface area (Å²) in [5, 5.41) is 4.48. The van der Waals surface area contributed by atoms with Gasteiger partial charge in [-0.3, -0.25) is 4.68 Å². The molecule has 2 heteroatoms. The van der Waals surface area contributed by atoms with E-state index in [1.165, 1.54) is 22.4 Å². The lowest BCUT2D eigenvalue weighted by Gasteiger charge is -2.10. The lowest BCUT2D eigenvalue weighted by atomic mass is 10.1. The molecule has 0 saturated carbocycles. The van der Waals surface area contributed by atoms with Crippen molar-refractivity contribution in [1.29, 1.82) is 0 Å². The maximum absolute atomic E-state index is 4.48. The van der Waals surface area contributed by atoms with Crippen LogP contribution >= 0.6 is 0 Å². The van der Waals surface area contributed by atoms with Gasteiger partial charge in [-0.1, -0.05) is 42.0 Å². The molecule has 0 unspecified atom stereocenters. The van der Waals surface area contributed by atoms with Gasteiger partial charge < -0.3 is 0 Å². The highest BCUT2D eigenvalue weighted by Gasteiger charge is 2.11. The van der Waals surface area contributed by atoms with Crippen LogP contribution in [0.15, 0.2) is 36.5 Å². The summed E-state index contributed by atoms with van der Waals surface area (Å²) in [5.74, 6) is 0. The molecule has 0 atom stereocenters. The summed E-state index contributed by atoms with van der Waals surface area (Å²) in [6, 6.07) is 8.68. The number of benzene rings is 1. The van der Waals surface area contributed by atoms with E-state index in [4.69, 9.17) is 0 Å². The molecule has 0 radical (unpaired) electrons. The molecule has 0 N–H and O–H groups in total. The van der Waals surface area contributed by atoms with Crippen LogP contribution < -0.4 is 0 Å². The normalized spacial score (nSPS) is 13.7. The van der Waals surface area contributed by atoms with Gasteiger partial charge in [-0.15, -0.1) is 0 Å². The zero-order valence-electron chi connectivity index (χ0n) is 10.1. The number of fused-ring (bicyclic) bond motifs is 1. The van der Waals surface area contributed by atoms with Crippen LogP contribution in [0, 0.1) is 6.92 Å². The Kier molecular flexibility index (Phi) is 2.56. The first-order chi connectivity index (χ1) is 8.33. The van der Waals surface area contributed by atoms with Gasteiger partial charge in [-0.05, 0) is 25.3 Å². The highest BCUT2D eigenvalue weighted by Crippen LogP contribution is 2.19. The van der Waals surface area contributed by atoms with Crippen LogP contribution in [0.2, 0.25) is 0 Å². The van der Waals surface area contributed by atoms with Crippen molar-refractivity contribution < 1.29 is 0 Å². The average Bonchev–Trinajstić information content (AvgIpc) is 2.76. The molecule has 1 aromatic carbocycles. The number of aromatic nitrogens is 2. The molecule has 1 heterocycles. The topological polar surface area (TPSA) is 17.8 Å². The van der Waals surface area contributed by atoms with E-state index < -0.39 is 0 Å². The van der Waals surface area contributed by atoms with Crippen LogP contribution in [0.25, 0.3) is 6.08 Å². The van der Waals surface area contributed by atoms with Gasteiger partial charge in [0.2, 0.25) is 0 Å². The predicted octanol–water partition coefficient (Wildman–Crippen LogP) is 3.20. The Labute approximate surface area is 102 Å². The van der Waals surface area contributed by atoms with Gasteiger partial charge in [0.05, 0.1) is 12.7 Å². The Hall–Kier alpha value is -1.83. The first-order valence-electron chi connectivity index (χ1n) is 6.10. The molecule has 3 rings (SSSR count). The van der Waals surface area contributed by atoms with Crippen LogP contribution in [-0.4, -0.2) is 9.78 Å². The fourth-order valence-electron chi connectivity index (χ4n) is 2.27.